The molecule has 0 saturated carbocycles. The number of carbonyl (C=O) groups excluding carboxylic acids is 1. The molecule has 1 aromatic rings. The molecule has 1 atom stereocenters. The lowest BCUT2D eigenvalue weighted by molar-refractivity contribution is 0.0870. The highest BCUT2D eigenvalue weighted by Crippen LogP contribution is 2.12. The van der Waals surface area contributed by atoms with E-state index in [1.54, 1.807) is 17.0 Å². The zero-order chi connectivity index (χ0) is 14.5. The summed E-state index contributed by atoms with van der Waals surface area (Å²) in [5, 5.41) is 11.8. The molecule has 1 saturated heterocycles. The van der Waals surface area contributed by atoms with Crippen molar-refractivity contribution < 1.29 is 14.3 Å². The minimum atomic E-state index is -0.371. The lowest BCUT2D eigenvalue weighted by Crippen LogP contribution is -2.53. The van der Waals surface area contributed by atoms with Gasteiger partial charge in [-0.1, -0.05) is 6.07 Å². The van der Waals surface area contributed by atoms with Crippen LogP contribution in [0.15, 0.2) is 24.3 Å². The Balaban J connectivity index is 1.86. The molecule has 5 nitrogen and oxygen atoms in total. The molecule has 0 spiro atoms. The van der Waals surface area contributed by atoms with E-state index in [2.05, 4.69) is 10.2 Å². The van der Waals surface area contributed by atoms with E-state index in [1.165, 1.54) is 12.1 Å². The van der Waals surface area contributed by atoms with Gasteiger partial charge < -0.3 is 15.3 Å². The van der Waals surface area contributed by atoms with Crippen molar-refractivity contribution in [2.75, 3.05) is 38.1 Å². The van der Waals surface area contributed by atoms with Crippen molar-refractivity contribution in [1.29, 1.82) is 0 Å². The van der Waals surface area contributed by atoms with Crippen LogP contribution in [0.2, 0.25) is 0 Å². The molecule has 0 unspecified atom stereocenters. The van der Waals surface area contributed by atoms with E-state index in [4.69, 9.17) is 5.11 Å². The molecule has 1 heterocycles. The number of aliphatic hydroxyl groups is 1. The maximum absolute atomic E-state index is 13.0. The summed E-state index contributed by atoms with van der Waals surface area (Å²) in [6.07, 6.45) is 0. The van der Waals surface area contributed by atoms with E-state index in [9.17, 15) is 9.18 Å². The largest absolute Gasteiger partial charge is 0.395 e. The zero-order valence-corrected chi connectivity index (χ0v) is 11.6. The fraction of sp³-hybridized carbons (Fsp3) is 0.500. The van der Waals surface area contributed by atoms with Crippen molar-refractivity contribution >= 4 is 11.7 Å². The van der Waals surface area contributed by atoms with Gasteiger partial charge in [-0.3, -0.25) is 4.90 Å². The van der Waals surface area contributed by atoms with Gasteiger partial charge in [0.2, 0.25) is 0 Å². The van der Waals surface area contributed by atoms with Gasteiger partial charge in [-0.2, -0.15) is 0 Å². The maximum atomic E-state index is 13.0. The highest BCUT2D eigenvalue weighted by molar-refractivity contribution is 5.89. The van der Waals surface area contributed by atoms with Crippen LogP contribution in [0.1, 0.15) is 6.92 Å². The van der Waals surface area contributed by atoms with Gasteiger partial charge in [0, 0.05) is 37.9 Å². The molecule has 2 N–H and O–H groups in total. The van der Waals surface area contributed by atoms with Crippen molar-refractivity contribution in [2.45, 2.75) is 13.0 Å². The van der Waals surface area contributed by atoms with Gasteiger partial charge in [-0.25, -0.2) is 9.18 Å². The fourth-order valence-corrected chi connectivity index (χ4v) is 2.25. The average Bonchev–Trinajstić information content (AvgIpc) is 2.46. The second-order valence-corrected chi connectivity index (χ2v) is 5.00. The summed E-state index contributed by atoms with van der Waals surface area (Å²) in [4.78, 5) is 15.9. The van der Waals surface area contributed by atoms with Gasteiger partial charge >= 0.3 is 6.03 Å². The highest BCUT2D eigenvalue weighted by Gasteiger charge is 2.23. The molecule has 1 aliphatic rings. The number of hydrogen-bond donors (Lipinski definition) is 2. The minimum absolute atomic E-state index is 0.114. The fourth-order valence-electron chi connectivity index (χ4n) is 2.25. The van der Waals surface area contributed by atoms with Crippen LogP contribution in [-0.2, 0) is 0 Å². The molecule has 6 heteroatoms. The summed E-state index contributed by atoms with van der Waals surface area (Å²) in [5.41, 5.74) is 0.459. The number of amides is 2. The first kappa shape index (κ1) is 14.7. The number of nitrogens with one attached hydrogen (secondary N) is 1. The zero-order valence-electron chi connectivity index (χ0n) is 11.6. The third kappa shape index (κ3) is 3.68. The number of rotatable bonds is 3. The van der Waals surface area contributed by atoms with Gasteiger partial charge in [0.25, 0.3) is 0 Å². The van der Waals surface area contributed by atoms with Crippen LogP contribution < -0.4 is 5.32 Å². The molecule has 110 valence electrons. The topological polar surface area (TPSA) is 55.8 Å². The molecule has 2 amide bonds. The van der Waals surface area contributed by atoms with Crippen LogP contribution in [0.3, 0.4) is 0 Å². The Hall–Kier alpha value is -1.66. The molecular weight excluding hydrogens is 261 g/mol. The standard InChI is InChI=1S/C14H20FN3O2/c1-11(10-19)17-5-7-18(8-6-17)14(20)16-13-4-2-3-12(15)9-13/h2-4,9,11,19H,5-8,10H2,1H3,(H,16,20)/t11-/m1/s1. The quantitative estimate of drug-likeness (QED) is 0.879. The Bertz CT molecular complexity index is 461. The molecule has 0 radical (unpaired) electrons. The third-order valence-electron chi connectivity index (χ3n) is 3.56. The first-order valence-corrected chi connectivity index (χ1v) is 6.76. The maximum Gasteiger partial charge on any atom is 0.321 e. The number of nitrogens with zero attached hydrogens (tertiary/aromatic N) is 2. The number of aliphatic hydroxyl groups excluding tert-OH is 1. The van der Waals surface area contributed by atoms with E-state index >= 15 is 0 Å². The van der Waals surface area contributed by atoms with Crippen LogP contribution in [-0.4, -0.2) is 59.8 Å². The highest BCUT2D eigenvalue weighted by atomic mass is 19.1. The van der Waals surface area contributed by atoms with E-state index in [-0.39, 0.29) is 24.5 Å². The number of halogens is 1. The summed E-state index contributed by atoms with van der Waals surface area (Å²) < 4.78 is 13.0. The molecule has 0 aromatic heterocycles. The van der Waals surface area contributed by atoms with Crippen molar-refractivity contribution in [3.63, 3.8) is 0 Å². The Morgan fingerprint density at radius 3 is 2.70 bits per heavy atom. The molecule has 1 aliphatic heterocycles. The normalized spacial score (nSPS) is 17.9. The number of urea groups is 1. The second-order valence-electron chi connectivity index (χ2n) is 5.00. The summed E-state index contributed by atoms with van der Waals surface area (Å²) in [5.74, 6) is -0.371. The summed E-state index contributed by atoms with van der Waals surface area (Å²) in [7, 11) is 0. The Morgan fingerprint density at radius 2 is 2.10 bits per heavy atom. The number of carbonyl (C=O) groups is 1. The summed E-state index contributed by atoms with van der Waals surface area (Å²) in [6, 6.07) is 5.75. The minimum Gasteiger partial charge on any atom is -0.395 e. The van der Waals surface area contributed by atoms with Crippen LogP contribution in [0, 0.1) is 5.82 Å². The Morgan fingerprint density at radius 1 is 1.40 bits per heavy atom. The van der Waals surface area contributed by atoms with Gasteiger partial charge in [0.05, 0.1) is 6.61 Å². The van der Waals surface area contributed by atoms with E-state index in [0.717, 1.165) is 13.1 Å². The van der Waals surface area contributed by atoms with Crippen molar-refractivity contribution in [2.24, 2.45) is 0 Å². The molecule has 20 heavy (non-hydrogen) atoms. The van der Waals surface area contributed by atoms with Crippen LogP contribution in [0.5, 0.6) is 0 Å². The van der Waals surface area contributed by atoms with Crippen molar-refractivity contribution in [3.05, 3.63) is 30.1 Å². The van der Waals surface area contributed by atoms with Gasteiger partial charge in [-0.15, -0.1) is 0 Å². The summed E-state index contributed by atoms with van der Waals surface area (Å²) in [6.45, 7) is 4.76. The number of benzene rings is 1. The first-order valence-electron chi connectivity index (χ1n) is 6.76. The van der Waals surface area contributed by atoms with Crippen molar-refractivity contribution in [1.82, 2.24) is 9.80 Å². The molecule has 2 rings (SSSR count). The SMILES string of the molecule is C[C@H](CO)N1CCN(C(=O)Nc2cccc(F)c2)CC1. The lowest BCUT2D eigenvalue weighted by atomic mass is 10.2. The third-order valence-corrected chi connectivity index (χ3v) is 3.56. The van der Waals surface area contributed by atoms with Crippen LogP contribution in [0.25, 0.3) is 0 Å². The smallest absolute Gasteiger partial charge is 0.321 e. The second kappa shape index (κ2) is 6.67. The lowest BCUT2D eigenvalue weighted by Gasteiger charge is -2.37. The predicted octanol–water partition coefficient (Wildman–Crippen LogP) is 1.36. The molecule has 0 bridgehead atoms. The Kier molecular flexibility index (Phi) is 4.92. The average molecular weight is 281 g/mol. The van der Waals surface area contributed by atoms with Crippen LogP contribution >= 0.6 is 0 Å². The molecule has 1 aromatic carbocycles. The van der Waals surface area contributed by atoms with Gasteiger partial charge in [0.15, 0.2) is 0 Å². The predicted molar refractivity (Wildman–Crippen MR) is 75.1 cm³/mol. The Labute approximate surface area is 118 Å². The molecule has 1 fully saturated rings. The van der Waals surface area contributed by atoms with Gasteiger partial charge in [0.1, 0.15) is 5.82 Å². The van der Waals surface area contributed by atoms with E-state index in [1.807, 2.05) is 6.92 Å². The van der Waals surface area contributed by atoms with Crippen LogP contribution in [0.4, 0.5) is 14.9 Å². The van der Waals surface area contributed by atoms with E-state index in [0.29, 0.717) is 18.8 Å². The number of hydrogen-bond acceptors (Lipinski definition) is 3. The number of piperazine rings is 1. The monoisotopic (exact) mass is 281 g/mol. The molecular formula is C14H20FN3O2. The summed E-state index contributed by atoms with van der Waals surface area (Å²) >= 11 is 0. The molecule has 0 aliphatic carbocycles. The number of anilines is 1. The first-order chi connectivity index (χ1) is 9.60. The van der Waals surface area contributed by atoms with E-state index < -0.39 is 0 Å². The van der Waals surface area contributed by atoms with Gasteiger partial charge in [-0.05, 0) is 25.1 Å². The van der Waals surface area contributed by atoms with Crippen molar-refractivity contribution in [3.8, 4) is 0 Å².